The predicted octanol–water partition coefficient (Wildman–Crippen LogP) is 4.33. The van der Waals surface area contributed by atoms with Crippen molar-refractivity contribution in [3.8, 4) is 0 Å². The Hall–Kier alpha value is -1.84. The molecule has 2 heterocycles. The zero-order chi connectivity index (χ0) is 17.4. The molecule has 2 fully saturated rings. The van der Waals surface area contributed by atoms with Gasteiger partial charge in [-0.3, -0.25) is 4.79 Å². The van der Waals surface area contributed by atoms with Crippen molar-refractivity contribution in [1.29, 1.82) is 0 Å². The highest BCUT2D eigenvalue weighted by atomic mass is 16.2. The number of aryl methyl sites for hydroxylation is 1. The molecule has 2 unspecified atom stereocenters. The number of benzene rings is 1. The molecule has 2 atom stereocenters. The van der Waals surface area contributed by atoms with Gasteiger partial charge in [0.15, 0.2) is 0 Å². The lowest BCUT2D eigenvalue weighted by molar-refractivity contribution is -0.138. The number of carbonyl (C=O) groups excluding carboxylic acids is 1. The van der Waals surface area contributed by atoms with E-state index in [2.05, 4.69) is 46.5 Å². The van der Waals surface area contributed by atoms with Crippen LogP contribution in [-0.2, 0) is 4.79 Å². The Labute approximate surface area is 150 Å². The molecule has 4 heteroatoms. The number of hydrogen-bond acceptors (Lipinski definition) is 2. The van der Waals surface area contributed by atoms with Gasteiger partial charge in [0.05, 0.1) is 17.4 Å². The van der Waals surface area contributed by atoms with E-state index in [4.69, 9.17) is 0 Å². The van der Waals surface area contributed by atoms with Crippen molar-refractivity contribution in [1.82, 2.24) is 14.5 Å². The Bertz CT molecular complexity index is 758. The monoisotopic (exact) mass is 339 g/mol. The molecular weight excluding hydrogens is 310 g/mol. The summed E-state index contributed by atoms with van der Waals surface area (Å²) in [6, 6.07) is 6.90. The van der Waals surface area contributed by atoms with Crippen LogP contribution in [0.1, 0.15) is 57.1 Å². The van der Waals surface area contributed by atoms with Crippen molar-refractivity contribution in [2.75, 3.05) is 13.1 Å². The van der Waals surface area contributed by atoms with Gasteiger partial charge in [0.2, 0.25) is 5.91 Å². The van der Waals surface area contributed by atoms with E-state index in [0.29, 0.717) is 17.9 Å². The summed E-state index contributed by atoms with van der Waals surface area (Å²) in [5, 5.41) is 0. The van der Waals surface area contributed by atoms with E-state index in [0.717, 1.165) is 44.3 Å². The molecule has 4 rings (SSSR count). The maximum atomic E-state index is 12.9. The lowest BCUT2D eigenvalue weighted by atomic mass is 9.81. The standard InChI is InChI=1S/C21H29N3O/c1-15-4-3-5-17(12-15)21(25)23-10-8-18(9-11-23)24-14-22-19-7-6-16(2)13-20(19)24/h6-7,13-15,17-18H,3-5,8-12H2,1-2H3. The second kappa shape index (κ2) is 6.81. The molecule has 1 aliphatic carbocycles. The van der Waals surface area contributed by atoms with Gasteiger partial charge >= 0.3 is 0 Å². The quantitative estimate of drug-likeness (QED) is 0.816. The number of fused-ring (bicyclic) bond motifs is 1. The van der Waals surface area contributed by atoms with Crippen molar-refractivity contribution < 1.29 is 4.79 Å². The number of likely N-dealkylation sites (tertiary alicyclic amines) is 1. The Morgan fingerprint density at radius 3 is 2.72 bits per heavy atom. The minimum Gasteiger partial charge on any atom is -0.342 e. The Kier molecular flexibility index (Phi) is 4.53. The molecule has 0 N–H and O–H groups in total. The van der Waals surface area contributed by atoms with Crippen LogP contribution in [0.15, 0.2) is 24.5 Å². The normalized spacial score (nSPS) is 25.4. The molecule has 134 valence electrons. The molecule has 2 aromatic rings. The summed E-state index contributed by atoms with van der Waals surface area (Å²) in [6.07, 6.45) is 8.74. The highest BCUT2D eigenvalue weighted by Gasteiger charge is 2.31. The van der Waals surface area contributed by atoms with Crippen LogP contribution >= 0.6 is 0 Å². The van der Waals surface area contributed by atoms with Crippen molar-refractivity contribution >= 4 is 16.9 Å². The number of piperidine rings is 1. The molecule has 1 saturated carbocycles. The maximum absolute atomic E-state index is 12.9. The molecule has 0 radical (unpaired) electrons. The van der Waals surface area contributed by atoms with Crippen LogP contribution in [0, 0.1) is 18.8 Å². The van der Waals surface area contributed by atoms with Gasteiger partial charge in [0.25, 0.3) is 0 Å². The lowest BCUT2D eigenvalue weighted by Crippen LogP contribution is -2.43. The third-order valence-electron chi connectivity index (χ3n) is 6.19. The van der Waals surface area contributed by atoms with E-state index < -0.39 is 0 Å². The number of amides is 1. The van der Waals surface area contributed by atoms with E-state index >= 15 is 0 Å². The summed E-state index contributed by atoms with van der Waals surface area (Å²) < 4.78 is 2.33. The van der Waals surface area contributed by atoms with Crippen LogP contribution in [-0.4, -0.2) is 33.4 Å². The van der Waals surface area contributed by atoms with Crippen LogP contribution in [0.4, 0.5) is 0 Å². The van der Waals surface area contributed by atoms with Gasteiger partial charge in [-0.05, 0) is 56.2 Å². The average Bonchev–Trinajstić information content (AvgIpc) is 3.04. The zero-order valence-electron chi connectivity index (χ0n) is 15.4. The van der Waals surface area contributed by atoms with Crippen LogP contribution < -0.4 is 0 Å². The molecule has 1 saturated heterocycles. The molecule has 2 aliphatic rings. The first-order valence-electron chi connectivity index (χ1n) is 9.84. The largest absolute Gasteiger partial charge is 0.342 e. The fourth-order valence-electron chi connectivity index (χ4n) is 4.71. The molecule has 1 aromatic carbocycles. The van der Waals surface area contributed by atoms with Gasteiger partial charge in [-0.15, -0.1) is 0 Å². The van der Waals surface area contributed by atoms with E-state index in [1.54, 1.807) is 0 Å². The minimum atomic E-state index is 0.275. The highest BCUT2D eigenvalue weighted by molar-refractivity contribution is 5.79. The van der Waals surface area contributed by atoms with Crippen LogP contribution in [0.5, 0.6) is 0 Å². The molecular formula is C21H29N3O. The molecule has 1 aliphatic heterocycles. The number of aromatic nitrogens is 2. The van der Waals surface area contributed by atoms with Crippen LogP contribution in [0.2, 0.25) is 0 Å². The second-order valence-corrected chi connectivity index (χ2v) is 8.17. The van der Waals surface area contributed by atoms with Gasteiger partial charge in [-0.1, -0.05) is 25.8 Å². The highest BCUT2D eigenvalue weighted by Crippen LogP contribution is 2.32. The third kappa shape index (κ3) is 3.31. The maximum Gasteiger partial charge on any atom is 0.225 e. The summed E-state index contributed by atoms with van der Waals surface area (Å²) in [7, 11) is 0. The fourth-order valence-corrected chi connectivity index (χ4v) is 4.71. The lowest BCUT2D eigenvalue weighted by Gasteiger charge is -2.36. The predicted molar refractivity (Wildman–Crippen MR) is 100 cm³/mol. The summed E-state index contributed by atoms with van der Waals surface area (Å²) in [5.74, 6) is 1.40. The number of rotatable bonds is 2. The molecule has 4 nitrogen and oxygen atoms in total. The summed E-state index contributed by atoms with van der Waals surface area (Å²) in [6.45, 7) is 6.20. The number of imidazole rings is 1. The van der Waals surface area contributed by atoms with E-state index in [1.807, 2.05) is 6.33 Å². The number of carbonyl (C=O) groups is 1. The first kappa shape index (κ1) is 16.6. The van der Waals surface area contributed by atoms with Gasteiger partial charge in [-0.25, -0.2) is 4.98 Å². The summed E-state index contributed by atoms with van der Waals surface area (Å²) >= 11 is 0. The van der Waals surface area contributed by atoms with Gasteiger partial charge in [0, 0.05) is 25.0 Å². The Morgan fingerprint density at radius 2 is 1.96 bits per heavy atom. The number of nitrogens with zero attached hydrogens (tertiary/aromatic N) is 3. The zero-order valence-corrected chi connectivity index (χ0v) is 15.4. The van der Waals surface area contributed by atoms with Gasteiger partial charge < -0.3 is 9.47 Å². The van der Waals surface area contributed by atoms with Crippen LogP contribution in [0.3, 0.4) is 0 Å². The third-order valence-corrected chi connectivity index (χ3v) is 6.19. The Morgan fingerprint density at radius 1 is 1.16 bits per heavy atom. The van der Waals surface area contributed by atoms with Gasteiger partial charge in [0.1, 0.15) is 0 Å². The second-order valence-electron chi connectivity index (χ2n) is 8.17. The summed E-state index contributed by atoms with van der Waals surface area (Å²) in [5.41, 5.74) is 3.57. The minimum absolute atomic E-state index is 0.275. The SMILES string of the molecule is Cc1ccc2ncn(C3CCN(C(=O)C4CCCC(C)C4)CC3)c2c1. The van der Waals surface area contributed by atoms with Gasteiger partial charge in [-0.2, -0.15) is 0 Å². The van der Waals surface area contributed by atoms with Crippen molar-refractivity contribution in [3.63, 3.8) is 0 Å². The van der Waals surface area contributed by atoms with E-state index in [9.17, 15) is 4.79 Å². The van der Waals surface area contributed by atoms with Crippen molar-refractivity contribution in [3.05, 3.63) is 30.1 Å². The first-order chi connectivity index (χ1) is 12.1. The van der Waals surface area contributed by atoms with Crippen molar-refractivity contribution in [2.45, 2.75) is 58.4 Å². The van der Waals surface area contributed by atoms with E-state index in [1.165, 1.54) is 23.9 Å². The molecule has 0 spiro atoms. The van der Waals surface area contributed by atoms with Crippen molar-refractivity contribution in [2.24, 2.45) is 11.8 Å². The number of hydrogen-bond donors (Lipinski definition) is 0. The van der Waals surface area contributed by atoms with Crippen LogP contribution in [0.25, 0.3) is 11.0 Å². The molecule has 0 bridgehead atoms. The van der Waals surface area contributed by atoms with E-state index in [-0.39, 0.29) is 5.92 Å². The molecule has 1 aromatic heterocycles. The smallest absolute Gasteiger partial charge is 0.225 e. The average molecular weight is 339 g/mol. The first-order valence-corrected chi connectivity index (χ1v) is 9.84. The topological polar surface area (TPSA) is 38.1 Å². The summed E-state index contributed by atoms with van der Waals surface area (Å²) in [4.78, 5) is 19.5. The molecule has 1 amide bonds. The molecule has 25 heavy (non-hydrogen) atoms. The Balaban J connectivity index is 1.42. The fraction of sp³-hybridized carbons (Fsp3) is 0.619.